The summed E-state index contributed by atoms with van der Waals surface area (Å²) in [6.45, 7) is 6.89. The maximum Gasteiger partial charge on any atom is 0.319 e. The lowest BCUT2D eigenvalue weighted by Crippen LogP contribution is -2.62. The van der Waals surface area contributed by atoms with E-state index in [-0.39, 0.29) is 60.7 Å². The quantitative estimate of drug-likeness (QED) is 0.183. The highest BCUT2D eigenvalue weighted by Crippen LogP contribution is 2.48. The lowest BCUT2D eigenvalue weighted by molar-refractivity contribution is -0.152. The van der Waals surface area contributed by atoms with Gasteiger partial charge in [-0.3, -0.25) is 28.8 Å². The van der Waals surface area contributed by atoms with Crippen molar-refractivity contribution in [3.63, 3.8) is 0 Å². The van der Waals surface area contributed by atoms with Gasteiger partial charge in [-0.1, -0.05) is 48.4 Å². The molecule has 7 amide bonds. The third-order valence-corrected chi connectivity index (χ3v) is 12.1. The van der Waals surface area contributed by atoms with Crippen LogP contribution in [-0.4, -0.2) is 134 Å². The highest BCUT2D eigenvalue weighted by atomic mass is 35.5. The molecule has 3 heterocycles. The molecule has 3 saturated heterocycles. The first kappa shape index (κ1) is 44.4. The fourth-order valence-corrected chi connectivity index (χ4v) is 8.92. The summed E-state index contributed by atoms with van der Waals surface area (Å²) in [6.07, 6.45) is -0.554. The zero-order chi connectivity index (χ0) is 43.6. The molecule has 1 saturated carbocycles. The topological polar surface area (TPSA) is 218 Å². The Kier molecular flexibility index (Phi) is 13.5. The summed E-state index contributed by atoms with van der Waals surface area (Å²) < 4.78 is 14.5. The van der Waals surface area contributed by atoms with Crippen molar-refractivity contribution in [3.05, 3.63) is 64.4 Å². The molecule has 0 bridgehead atoms. The molecule has 9 atom stereocenters. The highest BCUT2D eigenvalue weighted by Gasteiger charge is 2.63. The van der Waals surface area contributed by atoms with E-state index in [0.29, 0.717) is 37.8 Å². The van der Waals surface area contributed by atoms with E-state index in [9.17, 15) is 48.2 Å². The van der Waals surface area contributed by atoms with Crippen molar-refractivity contribution in [2.24, 2.45) is 5.92 Å². The number of piperidine rings is 1. The van der Waals surface area contributed by atoms with Crippen LogP contribution in [0.15, 0.2) is 42.5 Å². The van der Waals surface area contributed by atoms with Crippen molar-refractivity contribution in [2.75, 3.05) is 25.0 Å². The summed E-state index contributed by atoms with van der Waals surface area (Å²) in [5.41, 5.74) is 0.519. The molecular formula is C42H53ClFN7O9. The van der Waals surface area contributed by atoms with Crippen molar-refractivity contribution in [1.29, 1.82) is 0 Å². The van der Waals surface area contributed by atoms with Crippen LogP contribution >= 0.6 is 11.6 Å². The van der Waals surface area contributed by atoms with Gasteiger partial charge in [0.15, 0.2) is 5.78 Å². The Labute approximate surface area is 352 Å². The monoisotopic (exact) mass is 853 g/mol. The van der Waals surface area contributed by atoms with E-state index in [0.717, 1.165) is 16.5 Å². The summed E-state index contributed by atoms with van der Waals surface area (Å²) in [5.74, 6) is -3.97. The van der Waals surface area contributed by atoms with Gasteiger partial charge in [0, 0.05) is 43.9 Å². The first-order valence-electron chi connectivity index (χ1n) is 20.4. The van der Waals surface area contributed by atoms with Gasteiger partial charge >= 0.3 is 6.03 Å². The van der Waals surface area contributed by atoms with Crippen LogP contribution in [0.25, 0.3) is 0 Å². The van der Waals surface area contributed by atoms with E-state index < -0.39 is 83.4 Å². The average molecular weight is 854 g/mol. The van der Waals surface area contributed by atoms with Gasteiger partial charge in [0.2, 0.25) is 29.5 Å². The molecule has 1 spiro atoms. The Hall–Kier alpha value is -5.13. The zero-order valence-electron chi connectivity index (χ0n) is 34.1. The van der Waals surface area contributed by atoms with Gasteiger partial charge in [-0.05, 0) is 76.1 Å². The highest BCUT2D eigenvalue weighted by molar-refractivity contribution is 6.30. The number of halogens is 2. The second-order valence-corrected chi connectivity index (χ2v) is 17.2. The minimum atomic E-state index is -1.64. The van der Waals surface area contributed by atoms with Crippen LogP contribution in [0.5, 0.6) is 0 Å². The van der Waals surface area contributed by atoms with Crippen LogP contribution < -0.4 is 21.3 Å². The van der Waals surface area contributed by atoms with E-state index in [1.54, 1.807) is 30.0 Å². The Balaban J connectivity index is 1.15. The minimum absolute atomic E-state index is 0.00669. The maximum absolute atomic E-state index is 14.5. The van der Waals surface area contributed by atoms with E-state index in [4.69, 9.17) is 11.6 Å². The molecule has 6 rings (SSSR count). The van der Waals surface area contributed by atoms with E-state index in [1.165, 1.54) is 24.0 Å². The number of likely N-dealkylation sites (tertiary alicyclic amines) is 3. The smallest absolute Gasteiger partial charge is 0.319 e. The van der Waals surface area contributed by atoms with Crippen LogP contribution in [0.2, 0.25) is 5.02 Å². The minimum Gasteiger partial charge on any atom is -0.391 e. The van der Waals surface area contributed by atoms with Crippen LogP contribution in [0, 0.1) is 18.7 Å². The van der Waals surface area contributed by atoms with E-state index in [2.05, 4.69) is 21.3 Å². The number of carbonyl (C=O) groups is 7. The molecule has 18 heteroatoms. The number of aliphatic hydroxyl groups excluding tert-OH is 2. The Morgan fingerprint density at radius 2 is 1.70 bits per heavy atom. The lowest BCUT2D eigenvalue weighted by Gasteiger charge is -2.39. The molecule has 2 aromatic rings. The maximum atomic E-state index is 14.5. The summed E-state index contributed by atoms with van der Waals surface area (Å²) in [6, 6.07) is 3.62. The number of carbonyl (C=O) groups excluding carboxylic acids is 7. The first-order valence-corrected chi connectivity index (χ1v) is 20.8. The number of ketones is 1. The van der Waals surface area contributed by atoms with Crippen molar-refractivity contribution in [3.8, 4) is 0 Å². The second kappa shape index (κ2) is 18.2. The predicted octanol–water partition coefficient (Wildman–Crippen LogP) is 1.81. The molecule has 16 nitrogen and oxygen atoms in total. The third-order valence-electron chi connectivity index (χ3n) is 11.8. The van der Waals surface area contributed by atoms with E-state index in [1.807, 2.05) is 19.9 Å². The molecule has 0 radical (unpaired) electrons. The number of Topliss-reactive ketones (excluding diaryl/α,β-unsaturated/α-hetero) is 1. The standard InChI is InChI=1S/C42H53ClFN7O9/c1-22-8-7-9-26(14-22)15-31(47-41(60)46-30-12-11-27(43)16-29(30)44)36(55)48-35(25(4)52)40(59)50-21-28(53)17-33(50)39(58)49-13-6-5-10-32(49)37(56)45-24(3)38(57)51-20-23(2)18-42(51)19-34(42)54/h7-9,11-12,14,16,23-25,28,31-33,35,52-53H,5-6,10,13,15,17-21H2,1-4H3,(H,45,56)(H,48,55)(H2,46,47,60)/t23-,24+,25+,28-,31+,32+,33+,35+,42-/m1/s1. The van der Waals surface area contributed by atoms with Crippen molar-refractivity contribution < 1.29 is 48.2 Å². The lowest BCUT2D eigenvalue weighted by atomic mass is 9.98. The average Bonchev–Trinajstić information content (AvgIpc) is 3.47. The largest absolute Gasteiger partial charge is 0.391 e. The molecular weight excluding hydrogens is 801 g/mol. The summed E-state index contributed by atoms with van der Waals surface area (Å²) in [4.78, 5) is 99.2. The number of amides is 7. The number of aliphatic hydroxyl groups is 2. The number of hydrogen-bond donors (Lipinski definition) is 6. The number of hydrogen-bond acceptors (Lipinski definition) is 9. The van der Waals surface area contributed by atoms with Gasteiger partial charge < -0.3 is 46.2 Å². The van der Waals surface area contributed by atoms with Crippen molar-refractivity contribution >= 4 is 58.6 Å². The zero-order valence-corrected chi connectivity index (χ0v) is 34.8. The summed E-state index contributed by atoms with van der Waals surface area (Å²) in [7, 11) is 0. The molecule has 0 aromatic heterocycles. The van der Waals surface area contributed by atoms with Crippen LogP contribution in [0.3, 0.4) is 0 Å². The number of nitrogens with one attached hydrogen (secondary N) is 4. The molecule has 60 heavy (non-hydrogen) atoms. The van der Waals surface area contributed by atoms with Crippen molar-refractivity contribution in [2.45, 2.75) is 121 Å². The molecule has 2 aromatic carbocycles. The van der Waals surface area contributed by atoms with Gasteiger partial charge in [-0.25, -0.2) is 9.18 Å². The number of aryl methyl sites for hydroxylation is 1. The van der Waals surface area contributed by atoms with Crippen LogP contribution in [0.1, 0.15) is 70.4 Å². The Morgan fingerprint density at radius 3 is 2.37 bits per heavy atom. The molecule has 4 fully saturated rings. The number of urea groups is 1. The van der Waals surface area contributed by atoms with Crippen LogP contribution in [0.4, 0.5) is 14.9 Å². The molecule has 0 unspecified atom stereocenters. The SMILES string of the molecule is Cc1cccc(C[C@H](NC(=O)Nc2ccc(Cl)cc2F)C(=O)N[C@H](C(=O)N2C[C@H](O)C[C@H]2C(=O)N2CCCC[C@H]2C(=O)N[C@@H](C)C(=O)N2C[C@H](C)C[C@]23CC3=O)[C@H](C)O)c1. The number of nitrogens with zero attached hydrogens (tertiary/aromatic N) is 3. The molecule has 324 valence electrons. The summed E-state index contributed by atoms with van der Waals surface area (Å²) in [5, 5.41) is 31.9. The van der Waals surface area contributed by atoms with Crippen molar-refractivity contribution in [1.82, 2.24) is 30.7 Å². The van der Waals surface area contributed by atoms with E-state index >= 15 is 0 Å². The number of β-amino-alcohol motifs (C(OH)–C–C–N with tert-alkyl or cyclic N) is 1. The number of anilines is 1. The fraction of sp³-hybridized carbons (Fsp3) is 0.548. The second-order valence-electron chi connectivity index (χ2n) is 16.8. The van der Waals surface area contributed by atoms with Gasteiger partial charge in [0.05, 0.1) is 17.9 Å². The number of rotatable bonds is 12. The van der Waals surface area contributed by atoms with Gasteiger partial charge in [0.25, 0.3) is 0 Å². The van der Waals surface area contributed by atoms with Gasteiger partial charge in [-0.2, -0.15) is 0 Å². The summed E-state index contributed by atoms with van der Waals surface area (Å²) >= 11 is 5.84. The Morgan fingerprint density at radius 1 is 0.967 bits per heavy atom. The first-order chi connectivity index (χ1) is 28.4. The normalized spacial score (nSPS) is 25.6. The fourth-order valence-electron chi connectivity index (χ4n) is 8.76. The third kappa shape index (κ3) is 9.74. The number of benzene rings is 2. The molecule has 6 N–H and O–H groups in total. The predicted molar refractivity (Wildman–Crippen MR) is 217 cm³/mol. The van der Waals surface area contributed by atoms with Gasteiger partial charge in [0.1, 0.15) is 41.6 Å². The van der Waals surface area contributed by atoms with Crippen LogP contribution in [-0.2, 0) is 35.2 Å². The molecule has 3 aliphatic heterocycles. The molecule has 1 aliphatic carbocycles. The molecule has 4 aliphatic rings. The Bertz CT molecular complexity index is 2040. The van der Waals surface area contributed by atoms with Gasteiger partial charge in [-0.15, -0.1) is 0 Å².